The number of hydrogen-bond acceptors (Lipinski definition) is 11. The van der Waals surface area contributed by atoms with Gasteiger partial charge in [-0.2, -0.15) is 0 Å². The first kappa shape index (κ1) is 35.5. The third-order valence-electron chi connectivity index (χ3n) is 8.91. The van der Waals surface area contributed by atoms with Gasteiger partial charge in [0.15, 0.2) is 11.0 Å². The molecule has 0 radical (unpaired) electrons. The minimum Gasteiger partial charge on any atom is -0.391 e. The lowest BCUT2D eigenvalue weighted by molar-refractivity contribution is -0.144. The maximum atomic E-state index is 14.0. The first-order valence-electron chi connectivity index (χ1n) is 16.1. The van der Waals surface area contributed by atoms with Crippen molar-refractivity contribution in [2.24, 2.45) is 5.41 Å². The first-order valence-corrected chi connectivity index (χ1v) is 17.3. The topological polar surface area (TPSA) is 170 Å². The average Bonchev–Trinajstić information content (AvgIpc) is 3.66. The standard InChI is InChI=1S/C33H44ClN9O4S/c1-19(21-6-8-22(9-7-21)28-20(2)36-18-48-28)37-31(46)25-14-23(44)16-43(25)32(47)29(33(3,4)5)38-27(45)17-41-10-12-42(13-11-41)24-15-26(34)39-40-30(24)35/h6-9,15,18-19,23,25,29,44H,10-14,16-17H2,1-5H3,(H2,35,40)(H,37,46)(H,38,45)/t19-,23+,25-,29?/m0/s1. The fourth-order valence-corrected chi connectivity index (χ4v) is 7.15. The Bertz CT molecular complexity index is 1620. The quantitative estimate of drug-likeness (QED) is 0.261. The third kappa shape index (κ3) is 8.23. The third-order valence-corrected chi connectivity index (χ3v) is 10.1. The normalized spacial score (nSPS) is 20.0. The second-order valence-corrected chi connectivity index (χ2v) is 14.8. The van der Waals surface area contributed by atoms with Gasteiger partial charge in [-0.1, -0.05) is 56.6 Å². The summed E-state index contributed by atoms with van der Waals surface area (Å²) in [5.74, 6) is -0.747. The van der Waals surface area contributed by atoms with Gasteiger partial charge in [-0.15, -0.1) is 21.5 Å². The summed E-state index contributed by atoms with van der Waals surface area (Å²) in [6.45, 7) is 12.0. The first-order chi connectivity index (χ1) is 22.7. The van der Waals surface area contributed by atoms with Gasteiger partial charge in [0.25, 0.3) is 0 Å². The molecule has 2 fully saturated rings. The molecule has 5 N–H and O–H groups in total. The number of nitrogens with two attached hydrogens (primary N) is 1. The van der Waals surface area contributed by atoms with Crippen molar-refractivity contribution in [1.29, 1.82) is 0 Å². The molecule has 3 amide bonds. The Morgan fingerprint density at radius 1 is 1.10 bits per heavy atom. The lowest BCUT2D eigenvalue weighted by Gasteiger charge is -2.37. The number of rotatable bonds is 9. The molecule has 0 saturated carbocycles. The Hall–Kier alpha value is -3.85. The van der Waals surface area contributed by atoms with Crippen LogP contribution in [-0.4, -0.2) is 105 Å². The van der Waals surface area contributed by atoms with Crippen LogP contribution in [0.4, 0.5) is 11.5 Å². The number of anilines is 2. The van der Waals surface area contributed by atoms with E-state index >= 15 is 0 Å². The molecule has 2 aliphatic rings. The number of nitrogens with zero attached hydrogens (tertiary/aromatic N) is 6. The molecule has 3 aromatic rings. The van der Waals surface area contributed by atoms with Crippen LogP contribution < -0.4 is 21.3 Å². The van der Waals surface area contributed by atoms with Crippen molar-refractivity contribution in [3.05, 3.63) is 52.3 Å². The fourth-order valence-electron chi connectivity index (χ4n) is 6.19. The molecule has 0 aliphatic carbocycles. The summed E-state index contributed by atoms with van der Waals surface area (Å²) in [4.78, 5) is 51.8. The van der Waals surface area contributed by atoms with E-state index in [9.17, 15) is 19.5 Å². The number of carbonyl (C=O) groups is 3. The van der Waals surface area contributed by atoms with Gasteiger partial charge >= 0.3 is 0 Å². The van der Waals surface area contributed by atoms with Crippen LogP contribution >= 0.6 is 22.9 Å². The predicted molar refractivity (Wildman–Crippen MR) is 186 cm³/mol. The highest BCUT2D eigenvalue weighted by Crippen LogP contribution is 2.30. The highest BCUT2D eigenvalue weighted by Gasteiger charge is 2.44. The number of halogens is 1. The molecule has 1 unspecified atom stereocenters. The van der Waals surface area contributed by atoms with Gasteiger partial charge in [-0.3, -0.25) is 19.3 Å². The molecule has 0 bridgehead atoms. The molecular formula is C33H44ClN9O4S. The molecular weight excluding hydrogens is 654 g/mol. The van der Waals surface area contributed by atoms with Crippen LogP contribution in [0.25, 0.3) is 10.4 Å². The summed E-state index contributed by atoms with van der Waals surface area (Å²) in [7, 11) is 0. The SMILES string of the molecule is Cc1ncsc1-c1ccc([C@H](C)NC(=O)[C@@H]2C[C@@H](O)CN2C(=O)C(NC(=O)CN2CCN(c3cc(Cl)nnc3N)CC2)C(C)(C)C)cc1. The Morgan fingerprint density at radius 3 is 2.42 bits per heavy atom. The van der Waals surface area contributed by atoms with Gasteiger partial charge in [-0.05, 0) is 30.4 Å². The molecule has 4 atom stereocenters. The average molecular weight is 698 g/mol. The number of benzene rings is 1. The van der Waals surface area contributed by atoms with Crippen LogP contribution in [0.1, 0.15) is 51.4 Å². The van der Waals surface area contributed by atoms with E-state index in [1.807, 2.05) is 69.3 Å². The Kier molecular flexibility index (Phi) is 10.9. The highest BCUT2D eigenvalue weighted by atomic mass is 35.5. The lowest BCUT2D eigenvalue weighted by Crippen LogP contribution is -2.59. The smallest absolute Gasteiger partial charge is 0.246 e. The van der Waals surface area contributed by atoms with Crippen molar-refractivity contribution in [3.63, 3.8) is 0 Å². The number of aromatic nitrogens is 3. The summed E-state index contributed by atoms with van der Waals surface area (Å²) in [5, 5.41) is 24.5. The number of carbonyl (C=O) groups excluding carboxylic acids is 3. The van der Waals surface area contributed by atoms with Crippen LogP contribution in [0.3, 0.4) is 0 Å². The summed E-state index contributed by atoms with van der Waals surface area (Å²) in [6, 6.07) is 7.53. The summed E-state index contributed by atoms with van der Waals surface area (Å²) >= 11 is 7.59. The van der Waals surface area contributed by atoms with Crippen LogP contribution in [-0.2, 0) is 14.4 Å². The van der Waals surface area contributed by atoms with Crippen LogP contribution in [0.5, 0.6) is 0 Å². The molecule has 2 saturated heterocycles. The van der Waals surface area contributed by atoms with Crippen LogP contribution in [0, 0.1) is 12.3 Å². The van der Waals surface area contributed by atoms with Crippen molar-refractivity contribution in [2.75, 3.05) is 49.9 Å². The summed E-state index contributed by atoms with van der Waals surface area (Å²) in [5.41, 5.74) is 10.8. The van der Waals surface area contributed by atoms with Gasteiger partial charge in [0.1, 0.15) is 12.1 Å². The van der Waals surface area contributed by atoms with E-state index in [1.165, 1.54) is 4.90 Å². The largest absolute Gasteiger partial charge is 0.391 e. The van der Waals surface area contributed by atoms with Crippen LogP contribution in [0.2, 0.25) is 5.15 Å². The summed E-state index contributed by atoms with van der Waals surface area (Å²) < 4.78 is 0. The van der Waals surface area contributed by atoms with Crippen LogP contribution in [0.15, 0.2) is 35.8 Å². The molecule has 15 heteroatoms. The molecule has 0 spiro atoms. The number of β-amino-alcohol motifs (C(OH)–C–C–N with tert-alkyl or cyclic N) is 1. The predicted octanol–water partition coefficient (Wildman–Crippen LogP) is 2.64. The second-order valence-electron chi connectivity index (χ2n) is 13.6. The number of amides is 3. The van der Waals surface area contributed by atoms with E-state index in [4.69, 9.17) is 17.3 Å². The number of aliphatic hydroxyl groups is 1. The number of likely N-dealkylation sites (tertiary alicyclic amines) is 1. The molecule has 48 heavy (non-hydrogen) atoms. The van der Waals surface area contributed by atoms with Crippen molar-refractivity contribution in [3.8, 4) is 10.4 Å². The van der Waals surface area contributed by atoms with Crippen molar-refractivity contribution in [1.82, 2.24) is 35.6 Å². The molecule has 1 aromatic carbocycles. The molecule has 2 aromatic heterocycles. The Labute approximate surface area is 289 Å². The molecule has 5 rings (SSSR count). The Balaban J connectivity index is 1.19. The maximum Gasteiger partial charge on any atom is 0.246 e. The zero-order valence-electron chi connectivity index (χ0n) is 27.9. The maximum absolute atomic E-state index is 14.0. The number of aryl methyl sites for hydroxylation is 1. The van der Waals surface area contributed by atoms with Crippen molar-refractivity contribution < 1.29 is 19.5 Å². The van der Waals surface area contributed by atoms with E-state index < -0.39 is 29.5 Å². The zero-order valence-corrected chi connectivity index (χ0v) is 29.5. The van der Waals surface area contributed by atoms with E-state index in [1.54, 1.807) is 17.4 Å². The van der Waals surface area contributed by atoms with E-state index in [0.717, 1.165) is 21.7 Å². The number of thiazole rings is 1. The van der Waals surface area contributed by atoms with E-state index in [0.29, 0.717) is 37.7 Å². The van der Waals surface area contributed by atoms with Gasteiger partial charge < -0.3 is 31.3 Å². The lowest BCUT2D eigenvalue weighted by atomic mass is 9.85. The summed E-state index contributed by atoms with van der Waals surface area (Å²) in [6.07, 6.45) is -0.736. The molecule has 4 heterocycles. The van der Waals surface area contributed by atoms with Gasteiger partial charge in [0.2, 0.25) is 17.7 Å². The minimum atomic E-state index is -0.906. The number of nitrogen functional groups attached to an aromatic ring is 1. The second kappa shape index (κ2) is 14.7. The zero-order chi connectivity index (χ0) is 34.7. The highest BCUT2D eigenvalue weighted by molar-refractivity contribution is 7.13. The minimum absolute atomic E-state index is 0.00954. The number of piperazine rings is 1. The number of hydrogen-bond donors (Lipinski definition) is 4. The van der Waals surface area contributed by atoms with Gasteiger partial charge in [0, 0.05) is 45.2 Å². The molecule has 13 nitrogen and oxygen atoms in total. The van der Waals surface area contributed by atoms with Gasteiger partial charge in [-0.25, -0.2) is 4.98 Å². The Morgan fingerprint density at radius 2 is 1.79 bits per heavy atom. The number of aliphatic hydroxyl groups excluding tert-OH is 1. The molecule has 258 valence electrons. The monoisotopic (exact) mass is 697 g/mol. The van der Waals surface area contributed by atoms with E-state index in [2.05, 4.69) is 30.7 Å². The fraction of sp³-hybridized carbons (Fsp3) is 0.515. The van der Waals surface area contributed by atoms with Crippen molar-refractivity contribution >= 4 is 52.2 Å². The van der Waals surface area contributed by atoms with Crippen molar-refractivity contribution in [2.45, 2.75) is 65.3 Å². The van der Waals surface area contributed by atoms with E-state index in [-0.39, 0.29) is 42.5 Å². The van der Waals surface area contributed by atoms with Gasteiger partial charge in [0.05, 0.1) is 40.5 Å². The molecule has 2 aliphatic heterocycles. The number of nitrogens with one attached hydrogen (secondary N) is 2.